The van der Waals surface area contributed by atoms with Gasteiger partial charge in [-0.05, 0) is 35.1 Å². The highest BCUT2D eigenvalue weighted by molar-refractivity contribution is 5.88. The fraction of sp³-hybridized carbons (Fsp3) is 0.212. The second kappa shape index (κ2) is 13.8. The Morgan fingerprint density at radius 2 is 1.05 bits per heavy atom. The van der Waals surface area contributed by atoms with Crippen molar-refractivity contribution < 1.29 is 9.59 Å². The van der Waals surface area contributed by atoms with E-state index < -0.39 is 6.04 Å². The number of nitrogens with one attached hydrogen (secondary N) is 1. The summed E-state index contributed by atoms with van der Waals surface area (Å²) < 4.78 is 0. The maximum atomic E-state index is 13.7. The third-order valence-electron chi connectivity index (χ3n) is 6.49. The number of carbonyl (C=O) groups is 2. The zero-order chi connectivity index (χ0) is 25.7. The van der Waals surface area contributed by atoms with E-state index in [9.17, 15) is 9.59 Å². The number of carbonyl (C=O) groups excluding carboxylic acids is 2. The molecule has 0 aliphatic carbocycles. The molecule has 0 radical (unpaired) electrons. The van der Waals surface area contributed by atoms with Gasteiger partial charge in [0.2, 0.25) is 11.8 Å². The highest BCUT2D eigenvalue weighted by Crippen LogP contribution is 2.17. The van der Waals surface area contributed by atoms with Crippen molar-refractivity contribution in [1.29, 1.82) is 0 Å². The van der Waals surface area contributed by atoms with Crippen LogP contribution in [0.3, 0.4) is 0 Å². The van der Waals surface area contributed by atoms with E-state index >= 15 is 0 Å². The van der Waals surface area contributed by atoms with Gasteiger partial charge in [-0.3, -0.25) is 9.59 Å². The van der Waals surface area contributed by atoms with Crippen molar-refractivity contribution in [3.8, 4) is 0 Å². The van der Waals surface area contributed by atoms with Crippen molar-refractivity contribution in [3.05, 3.63) is 144 Å². The van der Waals surface area contributed by atoms with Gasteiger partial charge < -0.3 is 10.2 Å². The van der Waals surface area contributed by atoms with Crippen LogP contribution in [0.2, 0.25) is 0 Å². The van der Waals surface area contributed by atoms with E-state index in [0.29, 0.717) is 32.4 Å². The maximum absolute atomic E-state index is 13.7. The van der Waals surface area contributed by atoms with Crippen LogP contribution in [-0.2, 0) is 35.4 Å². The van der Waals surface area contributed by atoms with Crippen LogP contribution in [0.15, 0.2) is 121 Å². The van der Waals surface area contributed by atoms with Gasteiger partial charge in [0.25, 0.3) is 0 Å². The first-order valence-electron chi connectivity index (χ1n) is 12.9. The lowest BCUT2D eigenvalue weighted by atomic mass is 10.0. The first-order chi connectivity index (χ1) is 18.2. The van der Waals surface area contributed by atoms with E-state index in [1.54, 1.807) is 4.90 Å². The molecule has 1 unspecified atom stereocenters. The lowest BCUT2D eigenvalue weighted by molar-refractivity contribution is -0.141. The van der Waals surface area contributed by atoms with Crippen LogP contribution in [0.1, 0.15) is 28.7 Å². The van der Waals surface area contributed by atoms with Crippen LogP contribution in [0.25, 0.3) is 0 Å². The minimum atomic E-state index is -0.610. The summed E-state index contributed by atoms with van der Waals surface area (Å²) in [6.45, 7) is 0.906. The second-order valence-electron chi connectivity index (χ2n) is 9.22. The molecule has 0 spiro atoms. The topological polar surface area (TPSA) is 49.4 Å². The summed E-state index contributed by atoms with van der Waals surface area (Å²) in [5.74, 6) is -0.143. The summed E-state index contributed by atoms with van der Waals surface area (Å²) in [5.41, 5.74) is 4.32. The summed E-state index contributed by atoms with van der Waals surface area (Å²) in [5, 5.41) is 3.11. The van der Waals surface area contributed by atoms with Gasteiger partial charge in [-0.1, -0.05) is 121 Å². The molecule has 4 rings (SSSR count). The van der Waals surface area contributed by atoms with E-state index in [2.05, 4.69) is 17.4 Å². The van der Waals surface area contributed by atoms with Crippen molar-refractivity contribution in [2.24, 2.45) is 0 Å². The third kappa shape index (κ3) is 8.18. The molecule has 4 nitrogen and oxygen atoms in total. The minimum absolute atomic E-state index is 0.0214. The van der Waals surface area contributed by atoms with Gasteiger partial charge >= 0.3 is 0 Å². The molecule has 0 fully saturated rings. The van der Waals surface area contributed by atoms with Crippen LogP contribution in [-0.4, -0.2) is 29.3 Å². The Hall–Kier alpha value is -4.18. The molecular weight excluding hydrogens is 456 g/mol. The van der Waals surface area contributed by atoms with Gasteiger partial charge in [0, 0.05) is 25.9 Å². The molecule has 0 saturated heterocycles. The molecule has 4 aromatic carbocycles. The maximum Gasteiger partial charge on any atom is 0.243 e. The van der Waals surface area contributed by atoms with Crippen LogP contribution in [0.5, 0.6) is 0 Å². The molecule has 1 N–H and O–H groups in total. The summed E-state index contributed by atoms with van der Waals surface area (Å²) in [4.78, 5) is 29.1. The molecule has 0 bridgehead atoms. The minimum Gasteiger partial charge on any atom is -0.354 e. The SMILES string of the molecule is O=C(NCCc1ccccc1)C(Cc1ccccc1)N(Cc1ccccc1)C(=O)CCc1ccccc1. The Kier molecular flexibility index (Phi) is 9.65. The molecule has 4 heteroatoms. The number of aryl methyl sites for hydroxylation is 1. The van der Waals surface area contributed by atoms with Gasteiger partial charge in [0.05, 0.1) is 0 Å². The van der Waals surface area contributed by atoms with Crippen LogP contribution >= 0.6 is 0 Å². The van der Waals surface area contributed by atoms with Crippen LogP contribution in [0, 0.1) is 0 Å². The van der Waals surface area contributed by atoms with Crippen LogP contribution < -0.4 is 5.32 Å². The standard InChI is InChI=1S/C33H34N2O2/c36-32(22-21-27-13-5-1-6-14-27)35(26-30-19-11-4-12-20-30)31(25-29-17-9-3-10-18-29)33(37)34-24-23-28-15-7-2-8-16-28/h1-20,31H,21-26H2,(H,34,37). The lowest BCUT2D eigenvalue weighted by Gasteiger charge is -2.31. The number of rotatable bonds is 12. The Bertz CT molecular complexity index is 1230. The first kappa shape index (κ1) is 25.9. The normalized spacial score (nSPS) is 11.5. The molecule has 0 saturated carbocycles. The van der Waals surface area contributed by atoms with Crippen molar-refractivity contribution >= 4 is 11.8 Å². The number of nitrogens with zero attached hydrogens (tertiary/aromatic N) is 1. The third-order valence-corrected chi connectivity index (χ3v) is 6.49. The largest absolute Gasteiger partial charge is 0.354 e. The highest BCUT2D eigenvalue weighted by atomic mass is 16.2. The van der Waals surface area contributed by atoms with E-state index in [1.807, 2.05) is 109 Å². The van der Waals surface area contributed by atoms with Gasteiger partial charge in [0.15, 0.2) is 0 Å². The van der Waals surface area contributed by atoms with Crippen molar-refractivity contribution in [2.75, 3.05) is 6.54 Å². The van der Waals surface area contributed by atoms with Crippen molar-refractivity contribution in [3.63, 3.8) is 0 Å². The average molecular weight is 491 g/mol. The zero-order valence-corrected chi connectivity index (χ0v) is 21.1. The Morgan fingerprint density at radius 3 is 1.59 bits per heavy atom. The van der Waals surface area contributed by atoms with Gasteiger partial charge in [-0.15, -0.1) is 0 Å². The van der Waals surface area contributed by atoms with Crippen molar-refractivity contribution in [1.82, 2.24) is 10.2 Å². The monoisotopic (exact) mass is 490 g/mol. The molecule has 1 atom stereocenters. The Labute approximate surface area is 220 Å². The first-order valence-corrected chi connectivity index (χ1v) is 12.9. The molecule has 0 heterocycles. The molecule has 37 heavy (non-hydrogen) atoms. The van der Waals surface area contributed by atoms with Crippen molar-refractivity contribution in [2.45, 2.75) is 38.3 Å². The Balaban J connectivity index is 1.55. The van der Waals surface area contributed by atoms with Gasteiger partial charge in [-0.25, -0.2) is 0 Å². The van der Waals surface area contributed by atoms with E-state index in [-0.39, 0.29) is 11.8 Å². The Morgan fingerprint density at radius 1 is 0.595 bits per heavy atom. The fourth-order valence-electron chi connectivity index (χ4n) is 4.47. The highest BCUT2D eigenvalue weighted by Gasteiger charge is 2.30. The molecular formula is C33H34N2O2. The number of benzene rings is 4. The summed E-state index contributed by atoms with van der Waals surface area (Å²) >= 11 is 0. The summed E-state index contributed by atoms with van der Waals surface area (Å²) in [6, 6.07) is 39.3. The molecule has 4 aromatic rings. The predicted molar refractivity (Wildman–Crippen MR) is 149 cm³/mol. The second-order valence-corrected chi connectivity index (χ2v) is 9.22. The number of hydrogen-bond acceptors (Lipinski definition) is 2. The molecule has 0 aliphatic heterocycles. The quantitative estimate of drug-likeness (QED) is 0.280. The zero-order valence-electron chi connectivity index (χ0n) is 21.1. The average Bonchev–Trinajstić information content (AvgIpc) is 2.96. The predicted octanol–water partition coefficient (Wildman–Crippen LogP) is 5.62. The summed E-state index contributed by atoms with van der Waals surface area (Å²) in [6.07, 6.45) is 2.19. The summed E-state index contributed by atoms with van der Waals surface area (Å²) in [7, 11) is 0. The van der Waals surface area contributed by atoms with E-state index in [0.717, 1.165) is 23.1 Å². The number of hydrogen-bond donors (Lipinski definition) is 1. The van der Waals surface area contributed by atoms with Gasteiger partial charge in [0.1, 0.15) is 6.04 Å². The van der Waals surface area contributed by atoms with Crippen LogP contribution in [0.4, 0.5) is 0 Å². The van der Waals surface area contributed by atoms with E-state index in [4.69, 9.17) is 0 Å². The van der Waals surface area contributed by atoms with Gasteiger partial charge in [-0.2, -0.15) is 0 Å². The number of amides is 2. The molecule has 188 valence electrons. The fourth-order valence-corrected chi connectivity index (χ4v) is 4.47. The molecule has 2 amide bonds. The lowest BCUT2D eigenvalue weighted by Crippen LogP contribution is -2.50. The molecule has 0 aliphatic rings. The van der Waals surface area contributed by atoms with E-state index in [1.165, 1.54) is 5.56 Å². The molecule has 0 aromatic heterocycles. The smallest absolute Gasteiger partial charge is 0.243 e.